The fraction of sp³-hybridized carbons (Fsp3) is 0.471. The maximum absolute atomic E-state index is 10.2. The first-order valence-electron chi connectivity index (χ1n) is 7.77. The van der Waals surface area contributed by atoms with Crippen LogP contribution in [0.3, 0.4) is 0 Å². The Morgan fingerprint density at radius 2 is 2.05 bits per heavy atom. The first-order valence-corrected chi connectivity index (χ1v) is 7.77. The number of aromatic nitrogens is 2. The molecule has 1 aliphatic rings. The summed E-state index contributed by atoms with van der Waals surface area (Å²) in [6.07, 6.45) is 5.13. The largest absolute Gasteiger partial charge is 0.389 e. The predicted molar refractivity (Wildman–Crippen MR) is 83.5 cm³/mol. The fourth-order valence-corrected chi connectivity index (χ4v) is 2.67. The molecule has 0 spiro atoms. The van der Waals surface area contributed by atoms with E-state index in [9.17, 15) is 5.11 Å². The standard InChI is InChI=1S/C17H22N2O3/c20-15(13-22-16-6-10-21-11-7-16)12-19-9-8-18-17(19)14-4-2-1-3-5-14/h1-5,8-9,15-16,20H,6-7,10-13H2. The van der Waals surface area contributed by atoms with Crippen molar-refractivity contribution in [3.05, 3.63) is 42.7 Å². The second-order valence-corrected chi connectivity index (χ2v) is 5.57. The number of nitrogens with zero attached hydrogens (tertiary/aromatic N) is 2. The van der Waals surface area contributed by atoms with Crippen LogP contribution < -0.4 is 0 Å². The minimum Gasteiger partial charge on any atom is -0.389 e. The Morgan fingerprint density at radius 1 is 1.27 bits per heavy atom. The molecular formula is C17H22N2O3. The SMILES string of the molecule is OC(COC1CCOCC1)Cn1ccnc1-c1ccccc1. The Morgan fingerprint density at radius 3 is 2.82 bits per heavy atom. The van der Waals surface area contributed by atoms with Crippen molar-refractivity contribution < 1.29 is 14.6 Å². The zero-order chi connectivity index (χ0) is 15.2. The van der Waals surface area contributed by atoms with Gasteiger partial charge in [-0.15, -0.1) is 0 Å². The zero-order valence-corrected chi connectivity index (χ0v) is 12.6. The second kappa shape index (κ2) is 7.54. The van der Waals surface area contributed by atoms with E-state index >= 15 is 0 Å². The van der Waals surface area contributed by atoms with Gasteiger partial charge in [0, 0.05) is 31.2 Å². The van der Waals surface area contributed by atoms with Gasteiger partial charge in [-0.2, -0.15) is 0 Å². The Kier molecular flexibility index (Phi) is 5.21. The number of hydrogen-bond donors (Lipinski definition) is 1. The minimum atomic E-state index is -0.542. The highest BCUT2D eigenvalue weighted by atomic mass is 16.5. The van der Waals surface area contributed by atoms with Crippen LogP contribution in [0.1, 0.15) is 12.8 Å². The van der Waals surface area contributed by atoms with E-state index in [1.807, 2.05) is 41.1 Å². The van der Waals surface area contributed by atoms with Gasteiger partial charge in [0.15, 0.2) is 0 Å². The molecule has 118 valence electrons. The van der Waals surface area contributed by atoms with Crippen LogP contribution in [0.25, 0.3) is 11.4 Å². The summed E-state index contributed by atoms with van der Waals surface area (Å²) in [4.78, 5) is 4.38. The Labute approximate surface area is 130 Å². The summed E-state index contributed by atoms with van der Waals surface area (Å²) in [6.45, 7) is 2.32. The first kappa shape index (κ1) is 15.2. The van der Waals surface area contributed by atoms with Gasteiger partial charge in [-0.05, 0) is 12.8 Å². The summed E-state index contributed by atoms with van der Waals surface area (Å²) in [5, 5.41) is 10.2. The van der Waals surface area contributed by atoms with Crippen molar-refractivity contribution in [1.82, 2.24) is 9.55 Å². The van der Waals surface area contributed by atoms with Crippen LogP contribution in [0.5, 0.6) is 0 Å². The average molecular weight is 302 g/mol. The van der Waals surface area contributed by atoms with E-state index < -0.39 is 6.10 Å². The molecule has 1 saturated heterocycles. The summed E-state index contributed by atoms with van der Waals surface area (Å²) in [5.74, 6) is 0.866. The zero-order valence-electron chi connectivity index (χ0n) is 12.6. The van der Waals surface area contributed by atoms with Crippen LogP contribution in [-0.4, -0.2) is 46.7 Å². The van der Waals surface area contributed by atoms with E-state index in [0.717, 1.165) is 37.4 Å². The molecule has 3 rings (SSSR count). The average Bonchev–Trinajstić information content (AvgIpc) is 3.03. The van der Waals surface area contributed by atoms with Crippen LogP contribution in [0.2, 0.25) is 0 Å². The third-order valence-corrected chi connectivity index (χ3v) is 3.85. The van der Waals surface area contributed by atoms with E-state index in [4.69, 9.17) is 9.47 Å². The first-order chi connectivity index (χ1) is 10.8. The predicted octanol–water partition coefficient (Wildman–Crippen LogP) is 2.11. The smallest absolute Gasteiger partial charge is 0.139 e. The molecule has 0 radical (unpaired) electrons. The summed E-state index contributed by atoms with van der Waals surface area (Å²) in [5.41, 5.74) is 1.05. The van der Waals surface area contributed by atoms with Crippen LogP contribution in [0.4, 0.5) is 0 Å². The van der Waals surface area contributed by atoms with Gasteiger partial charge < -0.3 is 19.1 Å². The van der Waals surface area contributed by atoms with Gasteiger partial charge in [0.2, 0.25) is 0 Å². The van der Waals surface area contributed by atoms with Gasteiger partial charge >= 0.3 is 0 Å². The number of hydrogen-bond acceptors (Lipinski definition) is 4. The van der Waals surface area contributed by atoms with Crippen LogP contribution in [0.15, 0.2) is 42.7 Å². The highest BCUT2D eigenvalue weighted by molar-refractivity contribution is 5.55. The highest BCUT2D eigenvalue weighted by Crippen LogP contribution is 2.17. The van der Waals surface area contributed by atoms with E-state index in [1.54, 1.807) is 6.20 Å². The number of ether oxygens (including phenoxy) is 2. The lowest BCUT2D eigenvalue weighted by atomic mass is 10.1. The molecule has 1 aromatic carbocycles. The van der Waals surface area contributed by atoms with Gasteiger partial charge in [-0.3, -0.25) is 0 Å². The molecule has 1 aliphatic heterocycles. The molecule has 1 unspecified atom stereocenters. The molecule has 5 heteroatoms. The lowest BCUT2D eigenvalue weighted by Crippen LogP contribution is -2.29. The summed E-state index contributed by atoms with van der Waals surface area (Å²) >= 11 is 0. The maximum atomic E-state index is 10.2. The number of aliphatic hydroxyl groups excluding tert-OH is 1. The van der Waals surface area contributed by atoms with Gasteiger partial charge in [-0.1, -0.05) is 30.3 Å². The molecule has 2 aromatic rings. The van der Waals surface area contributed by atoms with Crippen molar-refractivity contribution >= 4 is 0 Å². The van der Waals surface area contributed by atoms with Gasteiger partial charge in [-0.25, -0.2) is 4.98 Å². The van der Waals surface area contributed by atoms with E-state index in [-0.39, 0.29) is 6.10 Å². The molecule has 0 amide bonds. The van der Waals surface area contributed by atoms with Crippen molar-refractivity contribution in [2.45, 2.75) is 31.6 Å². The molecule has 1 atom stereocenters. The lowest BCUT2D eigenvalue weighted by molar-refractivity contribution is -0.0616. The van der Waals surface area contributed by atoms with Crippen LogP contribution in [0, 0.1) is 0 Å². The monoisotopic (exact) mass is 302 g/mol. The van der Waals surface area contributed by atoms with Crippen LogP contribution >= 0.6 is 0 Å². The topological polar surface area (TPSA) is 56.5 Å². The molecule has 2 heterocycles. The third-order valence-electron chi connectivity index (χ3n) is 3.85. The van der Waals surface area contributed by atoms with Gasteiger partial charge in [0.05, 0.1) is 25.4 Å². The van der Waals surface area contributed by atoms with Crippen LogP contribution in [-0.2, 0) is 16.0 Å². The van der Waals surface area contributed by atoms with E-state index in [1.165, 1.54) is 0 Å². The molecule has 1 aromatic heterocycles. The molecule has 0 bridgehead atoms. The molecule has 1 N–H and O–H groups in total. The summed E-state index contributed by atoms with van der Waals surface area (Å²) < 4.78 is 13.0. The van der Waals surface area contributed by atoms with E-state index in [0.29, 0.717) is 13.2 Å². The summed E-state index contributed by atoms with van der Waals surface area (Å²) in [6, 6.07) is 9.99. The number of rotatable bonds is 6. The minimum absolute atomic E-state index is 0.208. The van der Waals surface area contributed by atoms with Gasteiger partial charge in [0.1, 0.15) is 5.82 Å². The highest BCUT2D eigenvalue weighted by Gasteiger charge is 2.17. The number of benzene rings is 1. The molecule has 1 fully saturated rings. The normalized spacial score (nSPS) is 17.5. The molecule has 5 nitrogen and oxygen atoms in total. The second-order valence-electron chi connectivity index (χ2n) is 5.57. The maximum Gasteiger partial charge on any atom is 0.139 e. The Bertz CT molecular complexity index is 564. The number of aliphatic hydroxyl groups is 1. The number of imidazole rings is 1. The van der Waals surface area contributed by atoms with Gasteiger partial charge in [0.25, 0.3) is 0 Å². The molecule has 0 saturated carbocycles. The Balaban J connectivity index is 1.55. The molecular weight excluding hydrogens is 280 g/mol. The molecule has 22 heavy (non-hydrogen) atoms. The van der Waals surface area contributed by atoms with E-state index in [2.05, 4.69) is 4.98 Å². The molecule has 0 aliphatic carbocycles. The fourth-order valence-electron chi connectivity index (χ4n) is 2.67. The lowest BCUT2D eigenvalue weighted by Gasteiger charge is -2.24. The van der Waals surface area contributed by atoms with Crippen molar-refractivity contribution in [2.75, 3.05) is 19.8 Å². The van der Waals surface area contributed by atoms with Crippen molar-refractivity contribution in [1.29, 1.82) is 0 Å². The third kappa shape index (κ3) is 3.94. The quantitative estimate of drug-likeness (QED) is 0.888. The van der Waals surface area contributed by atoms with Crippen molar-refractivity contribution in [2.24, 2.45) is 0 Å². The summed E-state index contributed by atoms with van der Waals surface area (Å²) in [7, 11) is 0. The Hall–Kier alpha value is -1.69. The van der Waals surface area contributed by atoms with Crippen molar-refractivity contribution in [3.8, 4) is 11.4 Å². The van der Waals surface area contributed by atoms with Crippen molar-refractivity contribution in [3.63, 3.8) is 0 Å².